The number of rotatable bonds is 4. The van der Waals surface area contributed by atoms with Crippen LogP contribution in [0.2, 0.25) is 0 Å². The van der Waals surface area contributed by atoms with Crippen molar-refractivity contribution in [2.75, 3.05) is 19.0 Å². The Hall–Kier alpha value is -2.91. The van der Waals surface area contributed by atoms with Crippen LogP contribution >= 0.6 is 0 Å². The van der Waals surface area contributed by atoms with E-state index in [-0.39, 0.29) is 22.7 Å². The highest BCUT2D eigenvalue weighted by atomic mass is 19.4. The van der Waals surface area contributed by atoms with Gasteiger partial charge < -0.3 is 4.90 Å². The molecule has 1 N–H and O–H groups in total. The molecular formula is C17H17F4N5O. The van der Waals surface area contributed by atoms with Crippen molar-refractivity contribution in [1.82, 2.24) is 19.7 Å². The molecule has 1 unspecified atom stereocenters. The Kier molecular flexibility index (Phi) is 4.66. The molecule has 10 heteroatoms. The van der Waals surface area contributed by atoms with Gasteiger partial charge in [-0.05, 0) is 24.6 Å². The van der Waals surface area contributed by atoms with Gasteiger partial charge in [0.25, 0.3) is 5.56 Å². The van der Waals surface area contributed by atoms with E-state index in [1.807, 2.05) is 0 Å². The quantitative estimate of drug-likeness (QED) is 0.702. The topological polar surface area (TPSA) is 66.8 Å². The smallest absolute Gasteiger partial charge is 0.348 e. The molecule has 0 fully saturated rings. The molecule has 6 nitrogen and oxygen atoms in total. The third-order valence-corrected chi connectivity index (χ3v) is 4.26. The molecule has 0 saturated carbocycles. The van der Waals surface area contributed by atoms with Gasteiger partial charge in [-0.2, -0.15) is 23.3 Å². The second-order valence-corrected chi connectivity index (χ2v) is 6.30. The molecule has 0 aliphatic heterocycles. The summed E-state index contributed by atoms with van der Waals surface area (Å²) in [4.78, 5) is 20.8. The highest BCUT2D eigenvalue weighted by Gasteiger charge is 2.30. The number of alkyl halides is 4. The van der Waals surface area contributed by atoms with Gasteiger partial charge in [-0.25, -0.2) is 9.07 Å². The summed E-state index contributed by atoms with van der Waals surface area (Å²) >= 11 is 0. The first kappa shape index (κ1) is 18.9. The molecule has 0 saturated heterocycles. The van der Waals surface area contributed by atoms with Gasteiger partial charge in [0.15, 0.2) is 5.65 Å². The predicted molar refractivity (Wildman–Crippen MR) is 92.5 cm³/mol. The summed E-state index contributed by atoms with van der Waals surface area (Å²) in [6, 6.07) is 4.05. The summed E-state index contributed by atoms with van der Waals surface area (Å²) in [5.41, 5.74) is -0.670. The van der Waals surface area contributed by atoms with Crippen molar-refractivity contribution in [2.24, 2.45) is 0 Å². The molecule has 0 aliphatic carbocycles. The van der Waals surface area contributed by atoms with Gasteiger partial charge in [0.2, 0.25) is 5.95 Å². The summed E-state index contributed by atoms with van der Waals surface area (Å²) in [5, 5.41) is 4.16. The van der Waals surface area contributed by atoms with E-state index >= 15 is 0 Å². The van der Waals surface area contributed by atoms with Crippen LogP contribution in [0.3, 0.4) is 0 Å². The maximum atomic E-state index is 13.4. The monoisotopic (exact) mass is 383 g/mol. The number of hydrogen-bond acceptors (Lipinski definition) is 4. The molecule has 2 heterocycles. The first-order chi connectivity index (χ1) is 12.6. The predicted octanol–water partition coefficient (Wildman–Crippen LogP) is 3.28. The van der Waals surface area contributed by atoms with Crippen molar-refractivity contribution in [3.8, 4) is 0 Å². The van der Waals surface area contributed by atoms with Gasteiger partial charge in [-0.15, -0.1) is 0 Å². The van der Waals surface area contributed by atoms with Crippen molar-refractivity contribution in [3.63, 3.8) is 0 Å². The van der Waals surface area contributed by atoms with Crippen LogP contribution in [0, 0.1) is 0 Å². The fourth-order valence-corrected chi connectivity index (χ4v) is 2.77. The zero-order valence-corrected chi connectivity index (χ0v) is 14.8. The molecule has 0 amide bonds. The molecule has 27 heavy (non-hydrogen) atoms. The Bertz CT molecular complexity index is 1020. The first-order valence-electron chi connectivity index (χ1n) is 8.05. The van der Waals surface area contributed by atoms with E-state index in [9.17, 15) is 22.4 Å². The number of halogens is 4. The van der Waals surface area contributed by atoms with Crippen LogP contribution < -0.4 is 10.5 Å². The maximum Gasteiger partial charge on any atom is 0.416 e. The second kappa shape index (κ2) is 6.67. The molecule has 0 bridgehead atoms. The molecule has 3 rings (SSSR count). The van der Waals surface area contributed by atoms with Crippen molar-refractivity contribution in [2.45, 2.75) is 25.8 Å². The zero-order chi connectivity index (χ0) is 19.9. The number of nitrogens with zero attached hydrogens (tertiary/aromatic N) is 4. The minimum absolute atomic E-state index is 0.0295. The number of aromatic nitrogens is 4. The van der Waals surface area contributed by atoms with E-state index < -0.39 is 30.0 Å². The molecule has 3 aromatic rings. The number of nitrogens with one attached hydrogen (secondary N) is 1. The minimum atomic E-state index is -4.43. The van der Waals surface area contributed by atoms with Gasteiger partial charge in [-0.1, -0.05) is 12.1 Å². The number of benzene rings is 1. The van der Waals surface area contributed by atoms with Crippen LogP contribution in [0.1, 0.15) is 29.8 Å². The molecule has 0 aliphatic rings. The fourth-order valence-electron chi connectivity index (χ4n) is 2.77. The summed E-state index contributed by atoms with van der Waals surface area (Å²) in [6.45, 7) is 0.727. The lowest BCUT2D eigenvalue weighted by molar-refractivity contribution is -0.137. The van der Waals surface area contributed by atoms with E-state index in [0.717, 1.165) is 12.1 Å². The Labute approximate surface area is 151 Å². The highest BCUT2D eigenvalue weighted by molar-refractivity contribution is 5.78. The Balaban J connectivity index is 2.14. The molecule has 1 aromatic carbocycles. The minimum Gasteiger partial charge on any atom is -0.348 e. The van der Waals surface area contributed by atoms with Crippen molar-refractivity contribution in [1.29, 1.82) is 0 Å². The summed E-state index contributed by atoms with van der Waals surface area (Å²) < 4.78 is 53.0. The Morgan fingerprint density at radius 2 is 1.85 bits per heavy atom. The molecule has 1 atom stereocenters. The summed E-state index contributed by atoms with van der Waals surface area (Å²) in [7, 11) is 3.36. The van der Waals surface area contributed by atoms with Crippen LogP contribution in [-0.4, -0.2) is 33.8 Å². The van der Waals surface area contributed by atoms with Gasteiger partial charge >= 0.3 is 6.18 Å². The standard InChI is InChI=1S/C17H17F4N5O/c1-9(10-4-6-11(7-5-10)17(19,20)21)26-14-13(12(8-18)24-26)15(27)23-16(22-14)25(2)3/h4-7,9H,8H2,1-3H3,(H,22,23,27). The zero-order valence-electron chi connectivity index (χ0n) is 14.8. The van der Waals surface area contributed by atoms with Crippen molar-refractivity contribution in [3.05, 3.63) is 51.4 Å². The summed E-state index contributed by atoms with van der Waals surface area (Å²) in [6.07, 6.45) is -4.43. The van der Waals surface area contributed by atoms with E-state index in [0.29, 0.717) is 5.56 Å². The second-order valence-electron chi connectivity index (χ2n) is 6.30. The number of hydrogen-bond donors (Lipinski definition) is 1. The van der Waals surface area contributed by atoms with E-state index in [2.05, 4.69) is 15.1 Å². The normalized spacial score (nSPS) is 13.1. The third kappa shape index (κ3) is 3.38. The Morgan fingerprint density at radius 1 is 1.22 bits per heavy atom. The average molecular weight is 383 g/mol. The van der Waals surface area contributed by atoms with E-state index in [1.54, 1.807) is 25.9 Å². The van der Waals surface area contributed by atoms with Crippen molar-refractivity contribution >= 4 is 17.0 Å². The van der Waals surface area contributed by atoms with Crippen LogP contribution in [-0.2, 0) is 12.9 Å². The van der Waals surface area contributed by atoms with Gasteiger partial charge in [-0.3, -0.25) is 9.78 Å². The lowest BCUT2D eigenvalue weighted by Crippen LogP contribution is -2.20. The van der Waals surface area contributed by atoms with Gasteiger partial charge in [0, 0.05) is 14.1 Å². The SMILES string of the molecule is CC(c1ccc(C(F)(F)F)cc1)n1nc(CF)c2c(=O)[nH]c(N(C)C)nc21. The van der Waals surface area contributed by atoms with Crippen LogP contribution in [0.4, 0.5) is 23.5 Å². The largest absolute Gasteiger partial charge is 0.416 e. The van der Waals surface area contributed by atoms with Gasteiger partial charge in [0.1, 0.15) is 17.8 Å². The maximum absolute atomic E-state index is 13.4. The van der Waals surface area contributed by atoms with Crippen LogP contribution in [0.25, 0.3) is 11.0 Å². The lowest BCUT2D eigenvalue weighted by Gasteiger charge is -2.16. The Morgan fingerprint density at radius 3 is 2.37 bits per heavy atom. The summed E-state index contributed by atoms with van der Waals surface area (Å²) in [5.74, 6) is 0.263. The van der Waals surface area contributed by atoms with E-state index in [4.69, 9.17) is 0 Å². The van der Waals surface area contributed by atoms with Gasteiger partial charge in [0.05, 0.1) is 11.6 Å². The number of fused-ring (bicyclic) bond motifs is 1. The molecular weight excluding hydrogens is 366 g/mol. The number of aromatic amines is 1. The highest BCUT2D eigenvalue weighted by Crippen LogP contribution is 2.31. The van der Waals surface area contributed by atoms with Crippen LogP contribution in [0.5, 0.6) is 0 Å². The van der Waals surface area contributed by atoms with Crippen LogP contribution in [0.15, 0.2) is 29.1 Å². The lowest BCUT2D eigenvalue weighted by atomic mass is 10.1. The van der Waals surface area contributed by atoms with E-state index in [1.165, 1.54) is 16.8 Å². The first-order valence-corrected chi connectivity index (χ1v) is 8.05. The molecule has 0 spiro atoms. The number of H-pyrrole nitrogens is 1. The molecule has 0 radical (unpaired) electrons. The van der Waals surface area contributed by atoms with Crippen molar-refractivity contribution < 1.29 is 17.6 Å². The third-order valence-electron chi connectivity index (χ3n) is 4.26. The fraction of sp³-hybridized carbons (Fsp3) is 0.353. The number of anilines is 1. The average Bonchev–Trinajstić information content (AvgIpc) is 2.99. The molecule has 144 valence electrons. The molecule has 2 aromatic heterocycles.